The van der Waals surface area contributed by atoms with Crippen LogP contribution in [0, 0.1) is 0 Å². The van der Waals surface area contributed by atoms with Crippen molar-refractivity contribution in [1.29, 1.82) is 0 Å². The number of esters is 2. The number of hydrogen-bond acceptors (Lipinski definition) is 6. The molecule has 0 aromatic carbocycles. The highest BCUT2D eigenvalue weighted by Crippen LogP contribution is 2.06. The standard InChI is InChI=1S/C6H8O7S/c1-12-5(7)3-4(6(8)13-2)14(9,10)11/h3H,1-2H3,(H,9,10,11)/b4-3+. The molecule has 7 nitrogen and oxygen atoms in total. The predicted molar refractivity (Wildman–Crippen MR) is 43.7 cm³/mol. The molecule has 0 aromatic heterocycles. The van der Waals surface area contributed by atoms with Crippen LogP contribution in [0.2, 0.25) is 0 Å². The summed E-state index contributed by atoms with van der Waals surface area (Å²) < 4.78 is 37.7. The minimum Gasteiger partial charge on any atom is -0.466 e. The Morgan fingerprint density at radius 2 is 1.71 bits per heavy atom. The van der Waals surface area contributed by atoms with Crippen LogP contribution >= 0.6 is 0 Å². The summed E-state index contributed by atoms with van der Waals surface area (Å²) in [6.07, 6.45) is 0.321. The highest BCUT2D eigenvalue weighted by molar-refractivity contribution is 7.90. The summed E-state index contributed by atoms with van der Waals surface area (Å²) in [7, 11) is -2.91. The molecule has 0 atom stereocenters. The van der Waals surface area contributed by atoms with E-state index in [-0.39, 0.29) is 0 Å². The lowest BCUT2D eigenvalue weighted by Crippen LogP contribution is -2.16. The second-order valence-corrected chi connectivity index (χ2v) is 3.39. The van der Waals surface area contributed by atoms with E-state index in [1.165, 1.54) is 0 Å². The maximum absolute atomic E-state index is 10.8. The Bertz CT molecular complexity index is 364. The van der Waals surface area contributed by atoms with Crippen molar-refractivity contribution in [3.63, 3.8) is 0 Å². The van der Waals surface area contributed by atoms with Gasteiger partial charge in [0.15, 0.2) is 4.91 Å². The summed E-state index contributed by atoms with van der Waals surface area (Å²) in [5.41, 5.74) is 0. The molecule has 0 bridgehead atoms. The van der Waals surface area contributed by atoms with Gasteiger partial charge in [0.2, 0.25) is 0 Å². The van der Waals surface area contributed by atoms with Crippen LogP contribution in [0.5, 0.6) is 0 Å². The first kappa shape index (κ1) is 12.6. The molecule has 0 unspecified atom stereocenters. The van der Waals surface area contributed by atoms with E-state index in [1.54, 1.807) is 0 Å². The van der Waals surface area contributed by atoms with Gasteiger partial charge in [-0.15, -0.1) is 0 Å². The smallest absolute Gasteiger partial charge is 0.352 e. The zero-order chi connectivity index (χ0) is 11.4. The molecule has 0 saturated carbocycles. The van der Waals surface area contributed by atoms with Gasteiger partial charge in [-0.2, -0.15) is 8.42 Å². The van der Waals surface area contributed by atoms with Gasteiger partial charge >= 0.3 is 22.1 Å². The van der Waals surface area contributed by atoms with Crippen LogP contribution in [0.15, 0.2) is 11.0 Å². The Balaban J connectivity index is 5.24. The second kappa shape index (κ2) is 4.72. The van der Waals surface area contributed by atoms with Crippen LogP contribution in [-0.2, 0) is 29.2 Å². The van der Waals surface area contributed by atoms with Crippen molar-refractivity contribution in [3.05, 3.63) is 11.0 Å². The van der Waals surface area contributed by atoms with Gasteiger partial charge in [-0.05, 0) is 0 Å². The van der Waals surface area contributed by atoms with E-state index in [0.29, 0.717) is 6.08 Å². The average Bonchev–Trinajstić information content (AvgIpc) is 2.10. The van der Waals surface area contributed by atoms with Crippen molar-refractivity contribution in [3.8, 4) is 0 Å². The maximum Gasteiger partial charge on any atom is 0.352 e. The molecule has 0 heterocycles. The van der Waals surface area contributed by atoms with Crippen LogP contribution in [0.1, 0.15) is 0 Å². The van der Waals surface area contributed by atoms with Gasteiger partial charge in [0.1, 0.15) is 0 Å². The molecule has 0 amide bonds. The van der Waals surface area contributed by atoms with Gasteiger partial charge in [0.05, 0.1) is 20.3 Å². The second-order valence-electron chi connectivity index (χ2n) is 2.00. The molecule has 0 aliphatic heterocycles. The highest BCUT2D eigenvalue weighted by Gasteiger charge is 2.24. The molecule has 0 aliphatic rings. The van der Waals surface area contributed by atoms with Gasteiger partial charge in [-0.1, -0.05) is 0 Å². The van der Waals surface area contributed by atoms with Crippen LogP contribution in [0.25, 0.3) is 0 Å². The normalized spacial score (nSPS) is 12.1. The molecule has 0 aromatic rings. The van der Waals surface area contributed by atoms with Gasteiger partial charge in [0.25, 0.3) is 0 Å². The molecule has 14 heavy (non-hydrogen) atoms. The fourth-order valence-electron chi connectivity index (χ4n) is 0.505. The lowest BCUT2D eigenvalue weighted by Gasteiger charge is -2.00. The van der Waals surface area contributed by atoms with Crippen molar-refractivity contribution < 1.29 is 32.0 Å². The average molecular weight is 224 g/mol. The van der Waals surface area contributed by atoms with E-state index in [2.05, 4.69) is 9.47 Å². The number of methoxy groups -OCH3 is 2. The van der Waals surface area contributed by atoms with E-state index < -0.39 is 27.0 Å². The van der Waals surface area contributed by atoms with Gasteiger partial charge in [-0.3, -0.25) is 4.55 Å². The third-order valence-electron chi connectivity index (χ3n) is 1.11. The number of hydrogen-bond donors (Lipinski definition) is 1. The van der Waals surface area contributed by atoms with E-state index in [0.717, 1.165) is 14.2 Å². The lowest BCUT2D eigenvalue weighted by molar-refractivity contribution is -0.137. The maximum atomic E-state index is 10.8. The summed E-state index contributed by atoms with van der Waals surface area (Å²) in [5, 5.41) is 0. The van der Waals surface area contributed by atoms with Crippen molar-refractivity contribution in [2.75, 3.05) is 14.2 Å². The predicted octanol–water partition coefficient (Wildman–Crippen LogP) is -0.896. The first-order chi connectivity index (χ1) is 6.32. The van der Waals surface area contributed by atoms with Crippen molar-refractivity contribution in [1.82, 2.24) is 0 Å². The Kier molecular flexibility index (Phi) is 4.25. The summed E-state index contributed by atoms with van der Waals surface area (Å²) in [4.78, 5) is 20.2. The Hall–Kier alpha value is -1.41. The molecule has 0 spiro atoms. The highest BCUT2D eigenvalue weighted by atomic mass is 32.2. The summed E-state index contributed by atoms with van der Waals surface area (Å²) >= 11 is 0. The molecule has 1 N–H and O–H groups in total. The quantitative estimate of drug-likeness (QED) is 0.376. The van der Waals surface area contributed by atoms with Crippen molar-refractivity contribution in [2.45, 2.75) is 0 Å². The fraction of sp³-hybridized carbons (Fsp3) is 0.333. The molecule has 0 aliphatic carbocycles. The van der Waals surface area contributed by atoms with Crippen LogP contribution in [-0.4, -0.2) is 39.1 Å². The van der Waals surface area contributed by atoms with E-state index in [1.807, 2.05) is 0 Å². The van der Waals surface area contributed by atoms with Crippen LogP contribution < -0.4 is 0 Å². The van der Waals surface area contributed by atoms with E-state index in [9.17, 15) is 18.0 Å². The SMILES string of the molecule is COC(=O)/C=C(\C(=O)OC)S(=O)(=O)O. The molecule has 8 heteroatoms. The Morgan fingerprint density at radius 3 is 2.00 bits per heavy atom. The zero-order valence-corrected chi connectivity index (χ0v) is 8.20. The van der Waals surface area contributed by atoms with Crippen molar-refractivity contribution >= 4 is 22.1 Å². The minimum absolute atomic E-state index is 0.321. The summed E-state index contributed by atoms with van der Waals surface area (Å²) in [6.45, 7) is 0. The molecule has 80 valence electrons. The molecule has 0 rings (SSSR count). The Morgan fingerprint density at radius 1 is 1.21 bits per heavy atom. The van der Waals surface area contributed by atoms with Gasteiger partial charge in [-0.25, -0.2) is 9.59 Å². The van der Waals surface area contributed by atoms with E-state index in [4.69, 9.17) is 4.55 Å². The van der Waals surface area contributed by atoms with Crippen LogP contribution in [0.4, 0.5) is 0 Å². The van der Waals surface area contributed by atoms with Gasteiger partial charge in [0, 0.05) is 0 Å². The van der Waals surface area contributed by atoms with Gasteiger partial charge < -0.3 is 9.47 Å². The molecule has 0 saturated heterocycles. The summed E-state index contributed by atoms with van der Waals surface area (Å²) in [5.74, 6) is -2.44. The minimum atomic E-state index is -4.80. The first-order valence-electron chi connectivity index (χ1n) is 3.18. The van der Waals surface area contributed by atoms with E-state index >= 15 is 0 Å². The fourth-order valence-corrected chi connectivity index (χ4v) is 1.04. The monoisotopic (exact) mass is 224 g/mol. The number of ether oxygens (including phenoxy) is 2. The van der Waals surface area contributed by atoms with Crippen LogP contribution in [0.3, 0.4) is 0 Å². The summed E-state index contributed by atoms with van der Waals surface area (Å²) in [6, 6.07) is 0. The van der Waals surface area contributed by atoms with Crippen molar-refractivity contribution in [2.24, 2.45) is 0 Å². The molecule has 0 fully saturated rings. The Labute approximate surface area is 80.1 Å². The molecule has 0 radical (unpaired) electrons. The zero-order valence-electron chi connectivity index (χ0n) is 7.38. The third kappa shape index (κ3) is 3.54. The largest absolute Gasteiger partial charge is 0.466 e. The molecular formula is C6H8O7S. The molecular weight excluding hydrogens is 216 g/mol. The number of carbonyl (C=O) groups excluding carboxylic acids is 2. The third-order valence-corrected chi connectivity index (χ3v) is 1.95. The topological polar surface area (TPSA) is 107 Å². The lowest BCUT2D eigenvalue weighted by atomic mass is 10.5. The number of carbonyl (C=O) groups is 2. The number of rotatable bonds is 3. The first-order valence-corrected chi connectivity index (χ1v) is 4.62.